The molecule has 0 N–H and O–H groups in total. The van der Waals surface area contributed by atoms with Gasteiger partial charge in [0, 0.05) is 32.6 Å². The summed E-state index contributed by atoms with van der Waals surface area (Å²) in [5.74, 6) is -0.650. The lowest BCUT2D eigenvalue weighted by Crippen LogP contribution is -2.35. The first kappa shape index (κ1) is 19.7. The highest BCUT2D eigenvalue weighted by Crippen LogP contribution is 2.15. The van der Waals surface area contributed by atoms with Crippen LogP contribution in [0.3, 0.4) is 0 Å². The Morgan fingerprint density at radius 2 is 2.12 bits per heavy atom. The number of hydrogen-bond acceptors (Lipinski definition) is 4. The van der Waals surface area contributed by atoms with Gasteiger partial charge in [0.05, 0.1) is 5.56 Å². The fourth-order valence-electron chi connectivity index (χ4n) is 2.89. The maximum absolute atomic E-state index is 12.2. The third kappa shape index (κ3) is 5.44. The first-order chi connectivity index (χ1) is 12.4. The fourth-order valence-corrected chi connectivity index (χ4v) is 2.89. The zero-order valence-corrected chi connectivity index (χ0v) is 15.5. The predicted octanol–water partition coefficient (Wildman–Crippen LogP) is 2.39. The second-order valence-electron chi connectivity index (χ2n) is 6.56. The molecule has 1 aromatic carbocycles. The van der Waals surface area contributed by atoms with Crippen molar-refractivity contribution in [1.29, 1.82) is 0 Å². The second-order valence-corrected chi connectivity index (χ2v) is 6.56. The molecule has 0 radical (unpaired) electrons. The van der Waals surface area contributed by atoms with Crippen molar-refractivity contribution in [3.8, 4) is 0 Å². The Kier molecular flexibility index (Phi) is 6.95. The van der Waals surface area contributed by atoms with E-state index in [9.17, 15) is 14.4 Å². The lowest BCUT2D eigenvalue weighted by molar-refractivity contribution is -0.134. The van der Waals surface area contributed by atoms with Crippen LogP contribution in [0.25, 0.3) is 0 Å². The molecule has 1 aromatic rings. The summed E-state index contributed by atoms with van der Waals surface area (Å²) in [7, 11) is 0. The van der Waals surface area contributed by atoms with Crippen LogP contribution < -0.4 is 0 Å². The first-order valence-electron chi connectivity index (χ1n) is 8.86. The summed E-state index contributed by atoms with van der Waals surface area (Å²) in [5.41, 5.74) is 2.12. The summed E-state index contributed by atoms with van der Waals surface area (Å²) in [6.07, 6.45) is 1.46. The molecule has 1 aliphatic rings. The zero-order valence-electron chi connectivity index (χ0n) is 15.5. The van der Waals surface area contributed by atoms with Crippen LogP contribution in [-0.4, -0.2) is 53.8 Å². The van der Waals surface area contributed by atoms with Crippen molar-refractivity contribution >= 4 is 17.8 Å². The van der Waals surface area contributed by atoms with E-state index >= 15 is 0 Å². The maximum atomic E-state index is 12.2. The number of carbonyl (C=O) groups is 3. The van der Waals surface area contributed by atoms with Crippen molar-refractivity contribution in [2.45, 2.75) is 33.2 Å². The molecule has 140 valence electrons. The molecule has 0 spiro atoms. The van der Waals surface area contributed by atoms with Crippen LogP contribution >= 0.6 is 0 Å². The van der Waals surface area contributed by atoms with Crippen molar-refractivity contribution in [3.63, 3.8) is 0 Å². The minimum atomic E-state index is -0.542. The lowest BCUT2D eigenvalue weighted by Gasteiger charge is -2.20. The number of nitrogens with zero attached hydrogens (tertiary/aromatic N) is 2. The van der Waals surface area contributed by atoms with E-state index in [1.54, 1.807) is 28.0 Å². The summed E-state index contributed by atoms with van der Waals surface area (Å²) in [6, 6.07) is 6.99. The van der Waals surface area contributed by atoms with Crippen LogP contribution in [0.1, 0.15) is 42.6 Å². The van der Waals surface area contributed by atoms with E-state index in [-0.39, 0.29) is 18.4 Å². The van der Waals surface area contributed by atoms with Gasteiger partial charge in [-0.05, 0) is 38.0 Å². The Bertz CT molecular complexity index is 699. The molecule has 6 nitrogen and oxygen atoms in total. The van der Waals surface area contributed by atoms with E-state index in [1.807, 2.05) is 19.9 Å². The van der Waals surface area contributed by atoms with E-state index in [0.717, 1.165) is 24.1 Å². The summed E-state index contributed by atoms with van der Waals surface area (Å²) in [6.45, 7) is 9.43. The number of carbonyl (C=O) groups excluding carboxylic acids is 3. The molecule has 6 heteroatoms. The summed E-state index contributed by atoms with van der Waals surface area (Å²) in [5, 5.41) is 0. The monoisotopic (exact) mass is 358 g/mol. The van der Waals surface area contributed by atoms with Crippen molar-refractivity contribution in [1.82, 2.24) is 9.80 Å². The molecule has 0 aromatic heterocycles. The van der Waals surface area contributed by atoms with E-state index < -0.39 is 5.97 Å². The van der Waals surface area contributed by atoms with Crippen molar-refractivity contribution in [2.75, 3.05) is 26.2 Å². The Labute approximate surface area is 154 Å². The Morgan fingerprint density at radius 1 is 1.35 bits per heavy atom. The quantitative estimate of drug-likeness (QED) is 0.529. The van der Waals surface area contributed by atoms with Crippen LogP contribution in [0, 0.1) is 0 Å². The molecule has 1 heterocycles. The Hall–Kier alpha value is -2.63. The highest BCUT2D eigenvalue weighted by atomic mass is 16.5. The van der Waals surface area contributed by atoms with Crippen LogP contribution in [0.15, 0.2) is 36.4 Å². The standard InChI is InChI=1S/C20H26N2O4/c1-4-21(12-15(2)3)19(24)14-26-20(25)17-8-5-7-16(11-17)13-22-10-6-9-18(22)23/h5,7-8,11H,2,4,6,9-10,12-14H2,1,3H3. The van der Waals surface area contributed by atoms with Gasteiger partial charge in [-0.3, -0.25) is 9.59 Å². The number of likely N-dealkylation sites (tertiary alicyclic amines) is 1. The molecule has 0 aliphatic carbocycles. The second kappa shape index (κ2) is 9.17. The minimum absolute atomic E-state index is 0.140. The third-order valence-corrected chi connectivity index (χ3v) is 4.23. The van der Waals surface area contributed by atoms with Gasteiger partial charge in [0.15, 0.2) is 6.61 Å². The fraction of sp³-hybridized carbons (Fsp3) is 0.450. The highest BCUT2D eigenvalue weighted by molar-refractivity contribution is 5.91. The zero-order chi connectivity index (χ0) is 19.1. The van der Waals surface area contributed by atoms with Gasteiger partial charge < -0.3 is 14.5 Å². The van der Waals surface area contributed by atoms with Gasteiger partial charge in [0.2, 0.25) is 5.91 Å². The van der Waals surface area contributed by atoms with Gasteiger partial charge in [0.1, 0.15) is 0 Å². The molecule has 0 atom stereocenters. The van der Waals surface area contributed by atoms with E-state index in [2.05, 4.69) is 6.58 Å². The van der Waals surface area contributed by atoms with E-state index in [1.165, 1.54) is 0 Å². The van der Waals surface area contributed by atoms with Gasteiger partial charge in [-0.25, -0.2) is 4.79 Å². The molecule has 0 saturated carbocycles. The summed E-state index contributed by atoms with van der Waals surface area (Å²) in [4.78, 5) is 39.5. The topological polar surface area (TPSA) is 66.9 Å². The van der Waals surface area contributed by atoms with Gasteiger partial charge in [-0.15, -0.1) is 0 Å². The maximum Gasteiger partial charge on any atom is 0.338 e. The van der Waals surface area contributed by atoms with Crippen LogP contribution in [-0.2, 0) is 20.9 Å². The number of likely N-dealkylation sites (N-methyl/N-ethyl adjacent to an activating group) is 1. The smallest absolute Gasteiger partial charge is 0.338 e. The number of ether oxygens (including phenoxy) is 1. The largest absolute Gasteiger partial charge is 0.452 e. The molecule has 1 saturated heterocycles. The van der Waals surface area contributed by atoms with E-state index in [0.29, 0.717) is 31.6 Å². The summed E-state index contributed by atoms with van der Waals surface area (Å²) >= 11 is 0. The number of hydrogen-bond donors (Lipinski definition) is 0. The van der Waals surface area contributed by atoms with E-state index in [4.69, 9.17) is 4.74 Å². The van der Waals surface area contributed by atoms with Crippen molar-refractivity contribution < 1.29 is 19.1 Å². The average Bonchev–Trinajstić information content (AvgIpc) is 3.02. The molecule has 0 bridgehead atoms. The lowest BCUT2D eigenvalue weighted by atomic mass is 10.1. The molecule has 1 fully saturated rings. The van der Waals surface area contributed by atoms with Gasteiger partial charge in [-0.2, -0.15) is 0 Å². The molecule has 2 amide bonds. The number of amides is 2. The molecule has 2 rings (SSSR count). The van der Waals surface area contributed by atoms with Crippen molar-refractivity contribution in [2.24, 2.45) is 0 Å². The number of esters is 1. The molecular weight excluding hydrogens is 332 g/mol. The summed E-state index contributed by atoms with van der Waals surface area (Å²) < 4.78 is 5.16. The third-order valence-electron chi connectivity index (χ3n) is 4.23. The normalized spacial score (nSPS) is 13.6. The van der Waals surface area contributed by atoms with Gasteiger partial charge in [-0.1, -0.05) is 24.3 Å². The first-order valence-corrected chi connectivity index (χ1v) is 8.86. The molecule has 1 aliphatic heterocycles. The molecular formula is C20H26N2O4. The molecule has 26 heavy (non-hydrogen) atoms. The number of rotatable bonds is 8. The highest BCUT2D eigenvalue weighted by Gasteiger charge is 2.21. The SMILES string of the molecule is C=C(C)CN(CC)C(=O)COC(=O)c1cccc(CN2CCCC2=O)c1. The Morgan fingerprint density at radius 3 is 2.73 bits per heavy atom. The van der Waals surface area contributed by atoms with Gasteiger partial charge >= 0.3 is 5.97 Å². The van der Waals surface area contributed by atoms with Gasteiger partial charge in [0.25, 0.3) is 5.91 Å². The number of benzene rings is 1. The van der Waals surface area contributed by atoms with Crippen LogP contribution in [0.4, 0.5) is 0 Å². The molecule has 0 unspecified atom stereocenters. The predicted molar refractivity (Wildman–Crippen MR) is 98.4 cm³/mol. The Balaban J connectivity index is 1.92. The minimum Gasteiger partial charge on any atom is -0.452 e. The average molecular weight is 358 g/mol. The van der Waals surface area contributed by atoms with Crippen LogP contribution in [0.2, 0.25) is 0 Å². The van der Waals surface area contributed by atoms with Crippen molar-refractivity contribution in [3.05, 3.63) is 47.5 Å². The van der Waals surface area contributed by atoms with Crippen LogP contribution in [0.5, 0.6) is 0 Å².